The minimum atomic E-state index is 0.591. The van der Waals surface area contributed by atoms with Crippen molar-refractivity contribution in [2.24, 2.45) is 0 Å². The van der Waals surface area contributed by atoms with Crippen molar-refractivity contribution in [3.8, 4) is 0 Å². The Morgan fingerprint density at radius 2 is 1.75 bits per heavy atom. The Morgan fingerprint density at radius 3 is 2.46 bits per heavy atom. The fourth-order valence-corrected chi connectivity index (χ4v) is 2.59. The van der Waals surface area contributed by atoms with Crippen LogP contribution in [0.5, 0.6) is 0 Å². The highest BCUT2D eigenvalue weighted by molar-refractivity contribution is 5.57. The van der Waals surface area contributed by atoms with E-state index in [1.807, 2.05) is 31.3 Å². The third-order valence-corrected chi connectivity index (χ3v) is 3.53. The predicted molar refractivity (Wildman–Crippen MR) is 97.5 cm³/mol. The van der Waals surface area contributed by atoms with Gasteiger partial charge in [-0.05, 0) is 55.7 Å². The predicted octanol–water partition coefficient (Wildman–Crippen LogP) is 4.15. The molecule has 122 valence electrons. The van der Waals surface area contributed by atoms with Gasteiger partial charge < -0.3 is 10.6 Å². The third kappa shape index (κ3) is 4.29. The first-order valence-corrected chi connectivity index (χ1v) is 7.92. The summed E-state index contributed by atoms with van der Waals surface area (Å²) in [6.07, 6.45) is 3.61. The van der Waals surface area contributed by atoms with Crippen LogP contribution in [0.15, 0.2) is 48.8 Å². The molecule has 0 saturated carbocycles. The maximum Gasteiger partial charge on any atom is 0.229 e. The van der Waals surface area contributed by atoms with Crippen molar-refractivity contribution >= 4 is 17.5 Å². The van der Waals surface area contributed by atoms with Gasteiger partial charge in [-0.1, -0.05) is 12.1 Å². The molecule has 0 fully saturated rings. The smallest absolute Gasteiger partial charge is 0.229 e. The van der Waals surface area contributed by atoms with Crippen LogP contribution in [0.4, 0.5) is 17.5 Å². The Bertz CT molecular complexity index is 810. The van der Waals surface area contributed by atoms with Crippen molar-refractivity contribution in [2.75, 3.05) is 10.6 Å². The van der Waals surface area contributed by atoms with Gasteiger partial charge in [0.2, 0.25) is 5.95 Å². The van der Waals surface area contributed by atoms with Gasteiger partial charge in [-0.3, -0.25) is 4.98 Å². The molecule has 5 nitrogen and oxygen atoms in total. The summed E-state index contributed by atoms with van der Waals surface area (Å²) in [6.45, 7) is 6.79. The van der Waals surface area contributed by atoms with E-state index in [0.29, 0.717) is 12.5 Å². The highest BCUT2D eigenvalue weighted by atomic mass is 15.1. The largest absolute Gasteiger partial charge is 0.366 e. The first-order valence-electron chi connectivity index (χ1n) is 7.92. The maximum atomic E-state index is 4.55. The van der Waals surface area contributed by atoms with Crippen LogP contribution < -0.4 is 10.6 Å². The van der Waals surface area contributed by atoms with Gasteiger partial charge in [0, 0.05) is 36.4 Å². The van der Waals surface area contributed by atoms with Crippen LogP contribution in [0.3, 0.4) is 0 Å². The molecule has 0 aliphatic carbocycles. The van der Waals surface area contributed by atoms with Crippen molar-refractivity contribution in [2.45, 2.75) is 27.3 Å². The fourth-order valence-electron chi connectivity index (χ4n) is 2.59. The first-order chi connectivity index (χ1) is 11.6. The second-order valence-electron chi connectivity index (χ2n) is 5.93. The number of benzene rings is 1. The van der Waals surface area contributed by atoms with Gasteiger partial charge in [0.25, 0.3) is 0 Å². The molecule has 0 bridgehead atoms. The number of hydrogen-bond donors (Lipinski definition) is 2. The van der Waals surface area contributed by atoms with Crippen LogP contribution in [0.25, 0.3) is 0 Å². The number of nitrogens with one attached hydrogen (secondary N) is 2. The molecule has 0 unspecified atom stereocenters. The third-order valence-electron chi connectivity index (χ3n) is 3.53. The lowest BCUT2D eigenvalue weighted by Gasteiger charge is -2.11. The van der Waals surface area contributed by atoms with Gasteiger partial charge in [-0.2, -0.15) is 4.98 Å². The SMILES string of the molecule is Cc1cc(C)cc(Nc2nc(C)cc(NCc3cccnc3)n2)c1. The molecule has 0 saturated heterocycles. The van der Waals surface area contributed by atoms with E-state index >= 15 is 0 Å². The summed E-state index contributed by atoms with van der Waals surface area (Å²) >= 11 is 0. The highest BCUT2D eigenvalue weighted by Gasteiger charge is 2.04. The molecule has 1 aromatic carbocycles. The Balaban J connectivity index is 1.76. The van der Waals surface area contributed by atoms with E-state index in [1.54, 1.807) is 6.20 Å². The molecule has 2 aromatic heterocycles. The highest BCUT2D eigenvalue weighted by Crippen LogP contribution is 2.19. The Labute approximate surface area is 142 Å². The molecule has 5 heteroatoms. The lowest BCUT2D eigenvalue weighted by molar-refractivity contribution is 1.05. The molecule has 0 amide bonds. The number of hydrogen-bond acceptors (Lipinski definition) is 5. The van der Waals surface area contributed by atoms with E-state index in [-0.39, 0.29) is 0 Å². The van der Waals surface area contributed by atoms with Crippen molar-refractivity contribution in [1.82, 2.24) is 15.0 Å². The molecule has 0 aliphatic heterocycles. The monoisotopic (exact) mass is 319 g/mol. The molecular formula is C19H21N5. The zero-order valence-electron chi connectivity index (χ0n) is 14.2. The summed E-state index contributed by atoms with van der Waals surface area (Å²) < 4.78 is 0. The molecule has 24 heavy (non-hydrogen) atoms. The van der Waals surface area contributed by atoms with E-state index < -0.39 is 0 Å². The number of aryl methyl sites for hydroxylation is 3. The van der Waals surface area contributed by atoms with Crippen molar-refractivity contribution in [1.29, 1.82) is 0 Å². The van der Waals surface area contributed by atoms with E-state index in [9.17, 15) is 0 Å². The van der Waals surface area contributed by atoms with Gasteiger partial charge in [0.1, 0.15) is 5.82 Å². The minimum Gasteiger partial charge on any atom is -0.366 e. The quantitative estimate of drug-likeness (QED) is 0.739. The maximum absolute atomic E-state index is 4.55. The van der Waals surface area contributed by atoms with Gasteiger partial charge in [0.15, 0.2) is 0 Å². The van der Waals surface area contributed by atoms with E-state index in [1.165, 1.54) is 11.1 Å². The second kappa shape index (κ2) is 7.08. The zero-order valence-corrected chi connectivity index (χ0v) is 14.2. The number of pyridine rings is 1. The summed E-state index contributed by atoms with van der Waals surface area (Å²) in [7, 11) is 0. The summed E-state index contributed by atoms with van der Waals surface area (Å²) in [6, 6.07) is 12.2. The number of rotatable bonds is 5. The van der Waals surface area contributed by atoms with Crippen LogP contribution in [0.2, 0.25) is 0 Å². The molecule has 0 spiro atoms. The van der Waals surface area contributed by atoms with Crippen LogP contribution in [-0.4, -0.2) is 15.0 Å². The topological polar surface area (TPSA) is 62.7 Å². The van der Waals surface area contributed by atoms with E-state index in [4.69, 9.17) is 0 Å². The van der Waals surface area contributed by atoms with Crippen LogP contribution >= 0.6 is 0 Å². The lowest BCUT2D eigenvalue weighted by Crippen LogP contribution is -2.06. The van der Waals surface area contributed by atoms with Gasteiger partial charge in [-0.15, -0.1) is 0 Å². The summed E-state index contributed by atoms with van der Waals surface area (Å²) in [5, 5.41) is 6.61. The average Bonchev–Trinajstić information content (AvgIpc) is 2.52. The molecule has 0 radical (unpaired) electrons. The van der Waals surface area contributed by atoms with Gasteiger partial charge in [0.05, 0.1) is 0 Å². The summed E-state index contributed by atoms with van der Waals surface area (Å²) in [5.74, 6) is 1.38. The Morgan fingerprint density at radius 1 is 0.958 bits per heavy atom. The minimum absolute atomic E-state index is 0.591. The van der Waals surface area contributed by atoms with E-state index in [0.717, 1.165) is 22.8 Å². The molecule has 0 aliphatic rings. The lowest BCUT2D eigenvalue weighted by atomic mass is 10.1. The number of aromatic nitrogens is 3. The van der Waals surface area contributed by atoms with Crippen LogP contribution in [0, 0.1) is 20.8 Å². The number of anilines is 3. The number of nitrogens with zero attached hydrogens (tertiary/aromatic N) is 3. The van der Waals surface area contributed by atoms with Crippen molar-refractivity contribution < 1.29 is 0 Å². The molecule has 2 N–H and O–H groups in total. The molecule has 3 rings (SSSR count). The first kappa shape index (κ1) is 15.9. The summed E-state index contributed by atoms with van der Waals surface area (Å²) in [4.78, 5) is 13.1. The zero-order chi connectivity index (χ0) is 16.9. The fraction of sp³-hybridized carbons (Fsp3) is 0.211. The molecule has 2 heterocycles. The van der Waals surface area contributed by atoms with E-state index in [2.05, 4.69) is 57.6 Å². The van der Waals surface area contributed by atoms with Crippen LogP contribution in [0.1, 0.15) is 22.4 Å². The Hall–Kier alpha value is -2.95. The van der Waals surface area contributed by atoms with Crippen LogP contribution in [-0.2, 0) is 6.54 Å². The van der Waals surface area contributed by atoms with Crippen molar-refractivity contribution in [3.63, 3.8) is 0 Å². The van der Waals surface area contributed by atoms with Gasteiger partial charge in [-0.25, -0.2) is 4.98 Å². The molecule has 0 atom stereocenters. The average molecular weight is 319 g/mol. The Kier molecular flexibility index (Phi) is 4.70. The van der Waals surface area contributed by atoms with Crippen molar-refractivity contribution in [3.05, 3.63) is 71.2 Å². The standard InChI is InChI=1S/C19H21N5/c1-13-7-14(2)9-17(8-13)23-19-22-15(3)10-18(24-19)21-12-16-5-4-6-20-11-16/h4-11H,12H2,1-3H3,(H2,21,22,23,24). The normalized spacial score (nSPS) is 10.5. The molecule has 3 aromatic rings. The second-order valence-corrected chi connectivity index (χ2v) is 5.93. The van der Waals surface area contributed by atoms with Gasteiger partial charge >= 0.3 is 0 Å². The summed E-state index contributed by atoms with van der Waals surface area (Å²) in [5.41, 5.74) is 5.43. The molecular weight excluding hydrogens is 298 g/mol.